The van der Waals surface area contributed by atoms with Crippen molar-refractivity contribution in [2.24, 2.45) is 0 Å². The van der Waals surface area contributed by atoms with Gasteiger partial charge in [-0.3, -0.25) is 9.69 Å². The molecule has 1 aromatic heterocycles. The van der Waals surface area contributed by atoms with Crippen LogP contribution in [0.25, 0.3) is 22.4 Å². The van der Waals surface area contributed by atoms with Crippen LogP contribution in [0.3, 0.4) is 0 Å². The Labute approximate surface area is 216 Å². The van der Waals surface area contributed by atoms with Crippen LogP contribution < -0.4 is 10.2 Å². The van der Waals surface area contributed by atoms with Crippen LogP contribution >= 0.6 is 0 Å². The lowest BCUT2D eigenvalue weighted by Crippen LogP contribution is -2.36. The first-order chi connectivity index (χ1) is 18.2. The molecule has 0 spiro atoms. The molecule has 0 aliphatic carbocycles. The number of imidazole rings is 1. The maximum Gasteiger partial charge on any atom is 0.255 e. The number of amides is 1. The zero-order valence-corrected chi connectivity index (χ0v) is 20.8. The van der Waals surface area contributed by atoms with Gasteiger partial charge in [-0.15, -0.1) is 0 Å². The van der Waals surface area contributed by atoms with Crippen LogP contribution in [-0.4, -0.2) is 73.4 Å². The van der Waals surface area contributed by atoms with E-state index in [0.29, 0.717) is 5.56 Å². The number of H-pyrrole nitrogens is 1. The van der Waals surface area contributed by atoms with Gasteiger partial charge >= 0.3 is 0 Å². The molecule has 2 aliphatic rings. The van der Waals surface area contributed by atoms with E-state index in [1.54, 1.807) is 0 Å². The second kappa shape index (κ2) is 10.7. The van der Waals surface area contributed by atoms with E-state index >= 15 is 0 Å². The van der Waals surface area contributed by atoms with Crippen LogP contribution in [0, 0.1) is 0 Å². The Kier molecular flexibility index (Phi) is 6.86. The van der Waals surface area contributed by atoms with Crippen molar-refractivity contribution in [3.05, 3.63) is 77.9 Å². The summed E-state index contributed by atoms with van der Waals surface area (Å²) in [5, 5.41) is 3.01. The van der Waals surface area contributed by atoms with E-state index in [1.807, 2.05) is 42.5 Å². The standard InChI is InChI=1S/C29H31N5O3/c35-29(23-5-8-25(9-6-23)34-13-17-37-18-14-34)30-24-7-10-26-27(19-24)32-28(31-26)22-3-1-21(2-4-22)20-33-11-15-36-16-12-33/h1-10,19H,11-18,20H2,(H,30,35)(H,31,32). The lowest BCUT2D eigenvalue weighted by molar-refractivity contribution is 0.0342. The highest BCUT2D eigenvalue weighted by molar-refractivity contribution is 6.05. The number of ether oxygens (including phenoxy) is 2. The van der Waals surface area contributed by atoms with E-state index in [0.717, 1.165) is 92.9 Å². The second-order valence-electron chi connectivity index (χ2n) is 9.50. The normalized spacial score (nSPS) is 16.7. The van der Waals surface area contributed by atoms with Crippen molar-refractivity contribution in [2.45, 2.75) is 6.54 Å². The van der Waals surface area contributed by atoms with Gasteiger partial charge in [-0.05, 0) is 48.0 Å². The highest BCUT2D eigenvalue weighted by Gasteiger charge is 2.14. The molecule has 3 heterocycles. The SMILES string of the molecule is O=C(Nc1ccc2nc(-c3ccc(CN4CCOCC4)cc3)[nH]c2c1)c1ccc(N2CCOCC2)cc1. The van der Waals surface area contributed by atoms with E-state index in [1.165, 1.54) is 5.56 Å². The predicted molar refractivity (Wildman–Crippen MR) is 145 cm³/mol. The Morgan fingerprint density at radius 2 is 1.57 bits per heavy atom. The predicted octanol–water partition coefficient (Wildman–Crippen LogP) is 4.15. The van der Waals surface area contributed by atoms with Crippen molar-refractivity contribution in [3.63, 3.8) is 0 Å². The van der Waals surface area contributed by atoms with E-state index in [2.05, 4.69) is 44.4 Å². The number of fused-ring (bicyclic) bond motifs is 1. The number of morpholine rings is 2. The van der Waals surface area contributed by atoms with Gasteiger partial charge in [0.2, 0.25) is 0 Å². The first kappa shape index (κ1) is 23.7. The molecule has 3 aromatic carbocycles. The third kappa shape index (κ3) is 5.51. The van der Waals surface area contributed by atoms with Gasteiger partial charge in [0.25, 0.3) is 5.91 Å². The van der Waals surface area contributed by atoms with Crippen LogP contribution in [-0.2, 0) is 16.0 Å². The van der Waals surface area contributed by atoms with Crippen molar-refractivity contribution < 1.29 is 14.3 Å². The number of rotatable bonds is 6. The van der Waals surface area contributed by atoms with Gasteiger partial charge in [0.1, 0.15) is 5.82 Å². The number of benzene rings is 3. The number of carbonyl (C=O) groups excluding carboxylic acids is 1. The molecular weight excluding hydrogens is 466 g/mol. The average molecular weight is 498 g/mol. The van der Waals surface area contributed by atoms with Gasteiger partial charge in [-0.1, -0.05) is 24.3 Å². The van der Waals surface area contributed by atoms with E-state index in [4.69, 9.17) is 14.5 Å². The minimum absolute atomic E-state index is 0.136. The molecule has 2 aliphatic heterocycles. The molecule has 0 radical (unpaired) electrons. The molecule has 37 heavy (non-hydrogen) atoms. The van der Waals surface area contributed by atoms with Crippen LogP contribution in [0.5, 0.6) is 0 Å². The Balaban J connectivity index is 1.12. The number of aromatic amines is 1. The van der Waals surface area contributed by atoms with Crippen LogP contribution in [0.2, 0.25) is 0 Å². The summed E-state index contributed by atoms with van der Waals surface area (Å²) in [6.07, 6.45) is 0. The maximum atomic E-state index is 12.9. The quantitative estimate of drug-likeness (QED) is 0.417. The van der Waals surface area contributed by atoms with E-state index < -0.39 is 0 Å². The largest absolute Gasteiger partial charge is 0.379 e. The molecule has 190 valence electrons. The molecule has 0 bridgehead atoms. The molecule has 2 N–H and O–H groups in total. The summed E-state index contributed by atoms with van der Waals surface area (Å²) in [5.41, 5.74) is 6.52. The molecule has 8 heteroatoms. The number of hydrogen-bond acceptors (Lipinski definition) is 6. The number of nitrogens with zero attached hydrogens (tertiary/aromatic N) is 3. The molecular formula is C29H31N5O3. The molecule has 0 saturated carbocycles. The smallest absolute Gasteiger partial charge is 0.255 e. The van der Waals surface area contributed by atoms with Crippen LogP contribution in [0.1, 0.15) is 15.9 Å². The average Bonchev–Trinajstić information content (AvgIpc) is 3.38. The van der Waals surface area contributed by atoms with Gasteiger partial charge in [0, 0.05) is 55.2 Å². The lowest BCUT2D eigenvalue weighted by atomic mass is 10.1. The number of anilines is 2. The maximum absolute atomic E-state index is 12.9. The van der Waals surface area contributed by atoms with Crippen molar-refractivity contribution in [1.82, 2.24) is 14.9 Å². The number of nitrogens with one attached hydrogen (secondary N) is 2. The summed E-state index contributed by atoms with van der Waals surface area (Å²) in [7, 11) is 0. The monoisotopic (exact) mass is 497 g/mol. The first-order valence-corrected chi connectivity index (χ1v) is 12.8. The second-order valence-corrected chi connectivity index (χ2v) is 9.50. The Morgan fingerprint density at radius 1 is 0.865 bits per heavy atom. The van der Waals surface area contributed by atoms with Crippen molar-refractivity contribution in [2.75, 3.05) is 62.8 Å². The Hall–Kier alpha value is -3.72. The molecule has 2 saturated heterocycles. The third-order valence-electron chi connectivity index (χ3n) is 6.98. The van der Waals surface area contributed by atoms with Gasteiger partial charge in [0.05, 0.1) is 37.5 Å². The van der Waals surface area contributed by atoms with Crippen molar-refractivity contribution >= 4 is 28.3 Å². The van der Waals surface area contributed by atoms with Gasteiger partial charge in [-0.2, -0.15) is 0 Å². The summed E-state index contributed by atoms with van der Waals surface area (Å²) in [6.45, 7) is 7.71. The van der Waals surface area contributed by atoms with Gasteiger partial charge in [0.15, 0.2) is 0 Å². The van der Waals surface area contributed by atoms with Gasteiger partial charge in [-0.25, -0.2) is 4.98 Å². The summed E-state index contributed by atoms with van der Waals surface area (Å²) in [6, 6.07) is 22.0. The fraction of sp³-hybridized carbons (Fsp3) is 0.310. The topological polar surface area (TPSA) is 82.7 Å². The number of hydrogen-bond donors (Lipinski definition) is 2. The third-order valence-corrected chi connectivity index (χ3v) is 6.98. The highest BCUT2D eigenvalue weighted by Crippen LogP contribution is 2.24. The Bertz CT molecular complexity index is 1350. The number of aromatic nitrogens is 2. The summed E-state index contributed by atoms with van der Waals surface area (Å²) >= 11 is 0. The molecule has 2 fully saturated rings. The highest BCUT2D eigenvalue weighted by atomic mass is 16.5. The van der Waals surface area contributed by atoms with E-state index in [9.17, 15) is 4.79 Å². The van der Waals surface area contributed by atoms with Gasteiger partial charge < -0.3 is 24.7 Å². The zero-order chi connectivity index (χ0) is 25.0. The fourth-order valence-electron chi connectivity index (χ4n) is 4.86. The Morgan fingerprint density at radius 3 is 2.30 bits per heavy atom. The fourth-order valence-corrected chi connectivity index (χ4v) is 4.86. The summed E-state index contributed by atoms with van der Waals surface area (Å²) < 4.78 is 10.9. The number of carbonyl (C=O) groups is 1. The summed E-state index contributed by atoms with van der Waals surface area (Å²) in [4.78, 5) is 25.7. The van der Waals surface area contributed by atoms with E-state index in [-0.39, 0.29) is 5.91 Å². The van der Waals surface area contributed by atoms with Crippen molar-refractivity contribution in [1.29, 1.82) is 0 Å². The minimum atomic E-state index is -0.136. The minimum Gasteiger partial charge on any atom is -0.379 e. The molecule has 1 amide bonds. The van der Waals surface area contributed by atoms with Crippen LogP contribution in [0.15, 0.2) is 66.7 Å². The van der Waals surface area contributed by atoms with Crippen LogP contribution in [0.4, 0.5) is 11.4 Å². The summed E-state index contributed by atoms with van der Waals surface area (Å²) in [5.74, 6) is 0.679. The molecule has 6 rings (SSSR count). The lowest BCUT2D eigenvalue weighted by Gasteiger charge is -2.28. The van der Waals surface area contributed by atoms with Crippen molar-refractivity contribution in [3.8, 4) is 11.4 Å². The molecule has 0 unspecified atom stereocenters. The molecule has 8 nitrogen and oxygen atoms in total. The molecule has 4 aromatic rings. The zero-order valence-electron chi connectivity index (χ0n) is 20.8. The molecule has 0 atom stereocenters. The first-order valence-electron chi connectivity index (χ1n) is 12.8.